The van der Waals surface area contributed by atoms with Crippen LogP contribution in [0, 0.1) is 5.82 Å². The Bertz CT molecular complexity index is 1240. The highest BCUT2D eigenvalue weighted by molar-refractivity contribution is 7.90. The number of hydrogen-bond donors (Lipinski definition) is 1. The van der Waals surface area contributed by atoms with Gasteiger partial charge in [0.2, 0.25) is 0 Å². The fourth-order valence-corrected chi connectivity index (χ4v) is 4.59. The lowest BCUT2D eigenvalue weighted by Gasteiger charge is -2.10. The summed E-state index contributed by atoms with van der Waals surface area (Å²) in [6.07, 6.45) is 1.55. The Morgan fingerprint density at radius 2 is 1.67 bits per heavy atom. The minimum Gasteiger partial charge on any atom is -0.492 e. The third-order valence-electron chi connectivity index (χ3n) is 4.74. The third kappa shape index (κ3) is 4.22. The molecule has 0 amide bonds. The Kier molecular flexibility index (Phi) is 5.83. The zero-order chi connectivity index (χ0) is 21.0. The van der Waals surface area contributed by atoms with E-state index in [9.17, 15) is 12.8 Å². The first-order valence-corrected chi connectivity index (χ1v) is 11.0. The van der Waals surface area contributed by atoms with E-state index in [4.69, 9.17) is 4.74 Å². The Morgan fingerprint density at radius 3 is 2.43 bits per heavy atom. The van der Waals surface area contributed by atoms with Crippen molar-refractivity contribution in [3.63, 3.8) is 0 Å². The van der Waals surface area contributed by atoms with Crippen LogP contribution in [-0.2, 0) is 16.6 Å². The van der Waals surface area contributed by atoms with Crippen LogP contribution in [0.5, 0.6) is 5.75 Å². The van der Waals surface area contributed by atoms with Gasteiger partial charge in [-0.1, -0.05) is 36.4 Å². The fourth-order valence-electron chi connectivity index (χ4n) is 3.22. The summed E-state index contributed by atoms with van der Waals surface area (Å²) in [7, 11) is -3.68. The molecule has 0 saturated carbocycles. The van der Waals surface area contributed by atoms with Gasteiger partial charge in [0.15, 0.2) is 0 Å². The number of hydrogen-bond acceptors (Lipinski definition) is 4. The summed E-state index contributed by atoms with van der Waals surface area (Å²) in [6, 6.07) is 21.8. The minimum atomic E-state index is -3.68. The van der Waals surface area contributed by atoms with Crippen molar-refractivity contribution in [3.05, 3.63) is 96.4 Å². The molecule has 4 aromatic rings. The summed E-state index contributed by atoms with van der Waals surface area (Å²) in [5.41, 5.74) is 1.55. The van der Waals surface area contributed by atoms with Crippen molar-refractivity contribution in [2.24, 2.45) is 0 Å². The van der Waals surface area contributed by atoms with Crippen molar-refractivity contribution in [1.29, 1.82) is 0 Å². The Balaban J connectivity index is 1.44. The number of nitrogens with zero attached hydrogens (tertiary/aromatic N) is 1. The molecule has 154 valence electrons. The molecule has 0 spiro atoms. The summed E-state index contributed by atoms with van der Waals surface area (Å²) in [6.45, 7) is 1.62. The maximum Gasteiger partial charge on any atom is 0.268 e. The van der Waals surface area contributed by atoms with Crippen molar-refractivity contribution in [1.82, 2.24) is 9.29 Å². The summed E-state index contributed by atoms with van der Waals surface area (Å²) < 4.78 is 46.0. The van der Waals surface area contributed by atoms with Crippen LogP contribution in [0.3, 0.4) is 0 Å². The molecule has 0 aliphatic rings. The average Bonchev–Trinajstić information content (AvgIpc) is 3.21. The Morgan fingerprint density at radius 1 is 0.900 bits per heavy atom. The van der Waals surface area contributed by atoms with Crippen LogP contribution < -0.4 is 10.1 Å². The second-order valence-corrected chi connectivity index (χ2v) is 8.59. The molecular formula is C23H21FN2O3S. The van der Waals surface area contributed by atoms with Crippen LogP contribution in [-0.4, -0.2) is 25.5 Å². The largest absolute Gasteiger partial charge is 0.492 e. The molecule has 4 rings (SSSR count). The molecule has 0 fully saturated rings. The first kappa shape index (κ1) is 20.1. The Hall–Kier alpha value is -3.16. The van der Waals surface area contributed by atoms with E-state index in [0.717, 1.165) is 10.9 Å². The molecule has 0 bridgehead atoms. The minimum absolute atomic E-state index is 0.235. The van der Waals surface area contributed by atoms with Crippen molar-refractivity contribution in [3.8, 4) is 5.75 Å². The maximum absolute atomic E-state index is 13.0. The van der Waals surface area contributed by atoms with Crippen molar-refractivity contribution in [2.45, 2.75) is 11.4 Å². The normalized spacial score (nSPS) is 11.6. The highest BCUT2D eigenvalue weighted by Gasteiger charge is 2.19. The molecule has 0 radical (unpaired) electrons. The van der Waals surface area contributed by atoms with Gasteiger partial charge in [-0.05, 0) is 48.0 Å². The number of fused-ring (bicyclic) bond motifs is 1. The summed E-state index contributed by atoms with van der Waals surface area (Å²) in [4.78, 5) is 0.235. The summed E-state index contributed by atoms with van der Waals surface area (Å²) in [5, 5.41) is 3.97. The molecule has 0 saturated heterocycles. The number of nitrogens with one attached hydrogen (secondary N) is 1. The molecular weight excluding hydrogens is 403 g/mol. The van der Waals surface area contributed by atoms with Crippen molar-refractivity contribution in [2.75, 3.05) is 13.2 Å². The summed E-state index contributed by atoms with van der Waals surface area (Å²) >= 11 is 0. The number of halogens is 1. The van der Waals surface area contributed by atoms with Gasteiger partial charge in [0, 0.05) is 24.7 Å². The SMILES string of the molecule is O=S(=O)(c1ccccc1)n1ccc2c(OCCNCc3ccc(F)cc3)cccc21. The van der Waals surface area contributed by atoms with E-state index >= 15 is 0 Å². The molecule has 3 aromatic carbocycles. The number of benzene rings is 3. The van der Waals surface area contributed by atoms with Gasteiger partial charge < -0.3 is 10.1 Å². The molecule has 1 aromatic heterocycles. The molecule has 7 heteroatoms. The average molecular weight is 424 g/mol. The van der Waals surface area contributed by atoms with E-state index in [1.807, 2.05) is 6.07 Å². The standard InChI is InChI=1S/C23H21FN2O3S/c24-19-11-9-18(10-12-19)17-25-14-16-29-23-8-4-7-22-21(23)13-15-26(22)30(27,28)20-5-2-1-3-6-20/h1-13,15,25H,14,16-17H2. The molecule has 0 aliphatic heterocycles. The maximum atomic E-state index is 13.0. The predicted octanol–water partition coefficient (Wildman–Crippen LogP) is 4.19. The smallest absolute Gasteiger partial charge is 0.268 e. The third-order valence-corrected chi connectivity index (χ3v) is 6.44. The second-order valence-electron chi connectivity index (χ2n) is 6.77. The van der Waals surface area contributed by atoms with Crippen molar-refractivity contribution < 1.29 is 17.5 Å². The lowest BCUT2D eigenvalue weighted by Crippen LogP contribution is -2.20. The molecule has 0 atom stereocenters. The highest BCUT2D eigenvalue weighted by atomic mass is 32.2. The molecule has 0 unspecified atom stereocenters. The first-order valence-electron chi connectivity index (χ1n) is 9.54. The van der Waals surface area contributed by atoms with Crippen LogP contribution in [0.15, 0.2) is 90.0 Å². The lowest BCUT2D eigenvalue weighted by atomic mass is 10.2. The Labute approximate surface area is 174 Å². The van der Waals surface area contributed by atoms with Crippen LogP contribution in [0.25, 0.3) is 10.9 Å². The zero-order valence-corrected chi connectivity index (χ0v) is 17.0. The van der Waals surface area contributed by atoms with Crippen molar-refractivity contribution >= 4 is 20.9 Å². The van der Waals surface area contributed by atoms with Gasteiger partial charge in [-0.25, -0.2) is 16.8 Å². The molecule has 5 nitrogen and oxygen atoms in total. The fraction of sp³-hybridized carbons (Fsp3) is 0.130. The van der Waals surface area contributed by atoms with Gasteiger partial charge in [-0.3, -0.25) is 0 Å². The zero-order valence-electron chi connectivity index (χ0n) is 16.2. The van der Waals surface area contributed by atoms with Crippen LogP contribution in [0.2, 0.25) is 0 Å². The quantitative estimate of drug-likeness (QED) is 0.431. The van der Waals surface area contributed by atoms with E-state index in [0.29, 0.717) is 31.0 Å². The second kappa shape index (κ2) is 8.69. The van der Waals surface area contributed by atoms with Gasteiger partial charge in [0.1, 0.15) is 18.2 Å². The molecule has 0 aliphatic carbocycles. The van der Waals surface area contributed by atoms with Crippen LogP contribution in [0.4, 0.5) is 4.39 Å². The van der Waals surface area contributed by atoms with E-state index in [2.05, 4.69) is 5.32 Å². The summed E-state index contributed by atoms with van der Waals surface area (Å²) in [5.74, 6) is 0.370. The van der Waals surface area contributed by atoms with Gasteiger partial charge in [-0.15, -0.1) is 0 Å². The molecule has 30 heavy (non-hydrogen) atoms. The van der Waals surface area contributed by atoms with Gasteiger partial charge >= 0.3 is 0 Å². The molecule has 1 N–H and O–H groups in total. The lowest BCUT2D eigenvalue weighted by molar-refractivity contribution is 0.317. The van der Waals surface area contributed by atoms with E-state index in [1.54, 1.807) is 66.9 Å². The first-order chi connectivity index (χ1) is 14.6. The van der Waals surface area contributed by atoms with Gasteiger partial charge in [-0.2, -0.15) is 0 Å². The van der Waals surface area contributed by atoms with E-state index < -0.39 is 10.0 Å². The van der Waals surface area contributed by atoms with E-state index in [-0.39, 0.29) is 10.7 Å². The number of ether oxygens (including phenoxy) is 1. The number of rotatable bonds is 8. The van der Waals surface area contributed by atoms with Gasteiger partial charge in [0.05, 0.1) is 10.4 Å². The number of aromatic nitrogens is 1. The van der Waals surface area contributed by atoms with Crippen LogP contribution in [0.1, 0.15) is 5.56 Å². The van der Waals surface area contributed by atoms with E-state index in [1.165, 1.54) is 16.1 Å². The molecule has 1 heterocycles. The predicted molar refractivity (Wildman–Crippen MR) is 115 cm³/mol. The topological polar surface area (TPSA) is 60.3 Å². The van der Waals surface area contributed by atoms with Crippen LogP contribution >= 0.6 is 0 Å². The monoisotopic (exact) mass is 424 g/mol. The van der Waals surface area contributed by atoms with Gasteiger partial charge in [0.25, 0.3) is 10.0 Å². The highest BCUT2D eigenvalue weighted by Crippen LogP contribution is 2.29.